The number of hydrogen-bond acceptors (Lipinski definition) is 1. The van der Waals surface area contributed by atoms with Crippen molar-refractivity contribution in [3.63, 3.8) is 0 Å². The number of hydrogen-bond donors (Lipinski definition) is 1. The zero-order valence-corrected chi connectivity index (χ0v) is 11.7. The summed E-state index contributed by atoms with van der Waals surface area (Å²) in [6.07, 6.45) is 0.774. The second-order valence-electron chi connectivity index (χ2n) is 4.20. The van der Waals surface area contributed by atoms with E-state index in [1.807, 2.05) is 37.4 Å². The van der Waals surface area contributed by atoms with Crippen LogP contribution >= 0.6 is 15.9 Å². The van der Waals surface area contributed by atoms with E-state index < -0.39 is 0 Å². The Bertz CT molecular complexity index is 513. The highest BCUT2D eigenvalue weighted by atomic mass is 79.9. The van der Waals surface area contributed by atoms with Crippen LogP contribution in [0.4, 0.5) is 4.39 Å². The Hall–Kier alpha value is -1.19. The lowest BCUT2D eigenvalue weighted by Gasteiger charge is -2.17. The average molecular weight is 308 g/mol. The summed E-state index contributed by atoms with van der Waals surface area (Å²) in [5, 5.41) is 3.17. The summed E-state index contributed by atoms with van der Waals surface area (Å²) in [6.45, 7) is 0. The molecule has 3 heteroatoms. The Morgan fingerprint density at radius 1 is 1.17 bits per heavy atom. The largest absolute Gasteiger partial charge is 0.313 e. The van der Waals surface area contributed by atoms with Crippen molar-refractivity contribution >= 4 is 15.9 Å². The molecule has 0 spiro atoms. The molecule has 2 aromatic carbocycles. The van der Waals surface area contributed by atoms with Crippen LogP contribution in [0.2, 0.25) is 0 Å². The van der Waals surface area contributed by atoms with Gasteiger partial charge in [-0.05, 0) is 31.2 Å². The number of halogens is 2. The van der Waals surface area contributed by atoms with Gasteiger partial charge in [0.25, 0.3) is 0 Å². The van der Waals surface area contributed by atoms with Crippen molar-refractivity contribution in [3.8, 4) is 0 Å². The predicted molar refractivity (Wildman–Crippen MR) is 76.0 cm³/mol. The first kappa shape index (κ1) is 13.2. The summed E-state index contributed by atoms with van der Waals surface area (Å²) < 4.78 is 14.7. The first-order valence-electron chi connectivity index (χ1n) is 5.87. The maximum atomic E-state index is 13.9. The summed E-state index contributed by atoms with van der Waals surface area (Å²) in [6, 6.07) is 15.3. The highest BCUT2D eigenvalue weighted by Crippen LogP contribution is 2.23. The quantitative estimate of drug-likeness (QED) is 0.897. The van der Waals surface area contributed by atoms with Gasteiger partial charge in [-0.15, -0.1) is 0 Å². The fourth-order valence-corrected chi connectivity index (χ4v) is 2.33. The van der Waals surface area contributed by atoms with Crippen molar-refractivity contribution in [3.05, 3.63) is 69.9 Å². The fraction of sp³-hybridized carbons (Fsp3) is 0.200. The molecule has 1 N–H and O–H groups in total. The highest BCUT2D eigenvalue weighted by Gasteiger charge is 2.14. The molecule has 2 aromatic rings. The van der Waals surface area contributed by atoms with Gasteiger partial charge in [-0.2, -0.15) is 0 Å². The van der Waals surface area contributed by atoms with E-state index in [4.69, 9.17) is 0 Å². The molecule has 0 aliphatic heterocycles. The number of nitrogens with one attached hydrogen (secondary N) is 1. The SMILES string of the molecule is CNC(Cc1ccccc1)c1ccc(Br)cc1F. The molecule has 0 fully saturated rings. The molecular weight excluding hydrogens is 293 g/mol. The van der Waals surface area contributed by atoms with Crippen molar-refractivity contribution < 1.29 is 4.39 Å². The fourth-order valence-electron chi connectivity index (χ4n) is 2.00. The van der Waals surface area contributed by atoms with Gasteiger partial charge in [0.1, 0.15) is 5.82 Å². The molecule has 0 aromatic heterocycles. The van der Waals surface area contributed by atoms with Crippen LogP contribution < -0.4 is 5.32 Å². The second-order valence-corrected chi connectivity index (χ2v) is 5.11. The monoisotopic (exact) mass is 307 g/mol. The van der Waals surface area contributed by atoms with E-state index in [2.05, 4.69) is 33.4 Å². The van der Waals surface area contributed by atoms with Crippen molar-refractivity contribution in [1.82, 2.24) is 5.32 Å². The van der Waals surface area contributed by atoms with Crippen LogP contribution in [0.15, 0.2) is 53.0 Å². The molecule has 0 amide bonds. The maximum Gasteiger partial charge on any atom is 0.129 e. The molecule has 1 unspecified atom stereocenters. The Labute approximate surface area is 115 Å². The van der Waals surface area contributed by atoms with Crippen LogP contribution in [0.3, 0.4) is 0 Å². The van der Waals surface area contributed by atoms with E-state index in [0.29, 0.717) is 5.56 Å². The van der Waals surface area contributed by atoms with Gasteiger partial charge in [0, 0.05) is 16.1 Å². The van der Waals surface area contributed by atoms with E-state index in [-0.39, 0.29) is 11.9 Å². The zero-order valence-electron chi connectivity index (χ0n) is 10.2. The molecule has 0 radical (unpaired) electrons. The summed E-state index contributed by atoms with van der Waals surface area (Å²) >= 11 is 3.27. The molecule has 2 rings (SSSR count). The smallest absolute Gasteiger partial charge is 0.129 e. The van der Waals surface area contributed by atoms with Gasteiger partial charge in [0.05, 0.1) is 0 Å². The summed E-state index contributed by atoms with van der Waals surface area (Å²) in [5.41, 5.74) is 1.89. The average Bonchev–Trinajstić information content (AvgIpc) is 2.38. The van der Waals surface area contributed by atoms with Crippen molar-refractivity contribution in [2.45, 2.75) is 12.5 Å². The molecule has 0 saturated carbocycles. The minimum absolute atomic E-state index is 0.0134. The Balaban J connectivity index is 2.23. The molecule has 18 heavy (non-hydrogen) atoms. The molecule has 0 bridgehead atoms. The Morgan fingerprint density at radius 3 is 2.50 bits per heavy atom. The van der Waals surface area contributed by atoms with Crippen LogP contribution in [-0.4, -0.2) is 7.05 Å². The molecular formula is C15H15BrFN. The van der Waals surface area contributed by atoms with E-state index in [9.17, 15) is 4.39 Å². The highest BCUT2D eigenvalue weighted by molar-refractivity contribution is 9.10. The number of benzene rings is 2. The van der Waals surface area contributed by atoms with Crippen LogP contribution in [0.25, 0.3) is 0 Å². The molecule has 0 aliphatic rings. The van der Waals surface area contributed by atoms with E-state index >= 15 is 0 Å². The van der Waals surface area contributed by atoms with Gasteiger partial charge in [-0.25, -0.2) is 4.39 Å². The first-order valence-corrected chi connectivity index (χ1v) is 6.66. The van der Waals surface area contributed by atoms with Crippen LogP contribution in [-0.2, 0) is 6.42 Å². The van der Waals surface area contributed by atoms with Crippen molar-refractivity contribution in [1.29, 1.82) is 0 Å². The van der Waals surface area contributed by atoms with Gasteiger partial charge in [-0.1, -0.05) is 52.3 Å². The molecule has 94 valence electrons. The third kappa shape index (κ3) is 3.18. The van der Waals surface area contributed by atoms with E-state index in [0.717, 1.165) is 10.9 Å². The normalized spacial score (nSPS) is 12.4. The standard InChI is InChI=1S/C15H15BrFN/c1-18-15(9-11-5-3-2-4-6-11)13-8-7-12(16)10-14(13)17/h2-8,10,15,18H,9H2,1H3. The van der Waals surface area contributed by atoms with Crippen LogP contribution in [0.1, 0.15) is 17.2 Å². The van der Waals surface area contributed by atoms with Crippen molar-refractivity contribution in [2.75, 3.05) is 7.05 Å². The van der Waals surface area contributed by atoms with E-state index in [1.165, 1.54) is 11.6 Å². The molecule has 0 heterocycles. The zero-order chi connectivity index (χ0) is 13.0. The third-order valence-electron chi connectivity index (χ3n) is 2.97. The summed E-state index contributed by atoms with van der Waals surface area (Å²) in [7, 11) is 1.86. The van der Waals surface area contributed by atoms with Gasteiger partial charge in [-0.3, -0.25) is 0 Å². The van der Waals surface area contributed by atoms with E-state index in [1.54, 1.807) is 0 Å². The van der Waals surface area contributed by atoms with Crippen LogP contribution in [0.5, 0.6) is 0 Å². The van der Waals surface area contributed by atoms with Gasteiger partial charge >= 0.3 is 0 Å². The first-order chi connectivity index (χ1) is 8.70. The number of rotatable bonds is 4. The summed E-state index contributed by atoms with van der Waals surface area (Å²) in [5.74, 6) is -0.181. The molecule has 0 saturated heterocycles. The van der Waals surface area contributed by atoms with Gasteiger partial charge in [0.15, 0.2) is 0 Å². The Morgan fingerprint density at radius 2 is 1.89 bits per heavy atom. The van der Waals surface area contributed by atoms with Crippen molar-refractivity contribution in [2.24, 2.45) is 0 Å². The Kier molecular flexibility index (Phi) is 4.50. The maximum absolute atomic E-state index is 13.9. The molecule has 1 nitrogen and oxygen atoms in total. The lowest BCUT2D eigenvalue weighted by Crippen LogP contribution is -2.20. The summed E-state index contributed by atoms with van der Waals surface area (Å²) in [4.78, 5) is 0. The molecule has 0 aliphatic carbocycles. The van der Waals surface area contributed by atoms with Gasteiger partial charge in [0.2, 0.25) is 0 Å². The lowest BCUT2D eigenvalue weighted by atomic mass is 9.98. The lowest BCUT2D eigenvalue weighted by molar-refractivity contribution is 0.533. The third-order valence-corrected chi connectivity index (χ3v) is 3.46. The van der Waals surface area contributed by atoms with Crippen LogP contribution in [0, 0.1) is 5.82 Å². The number of likely N-dealkylation sites (N-methyl/N-ethyl adjacent to an activating group) is 1. The molecule has 1 atom stereocenters. The minimum atomic E-state index is -0.181. The second kappa shape index (κ2) is 6.12. The predicted octanol–water partition coefficient (Wildman–Crippen LogP) is 4.09. The topological polar surface area (TPSA) is 12.0 Å². The van der Waals surface area contributed by atoms with Gasteiger partial charge < -0.3 is 5.32 Å². The minimum Gasteiger partial charge on any atom is -0.313 e.